The average molecular weight is 478 g/mol. The monoisotopic (exact) mass is 477 g/mol. The van der Waals surface area contributed by atoms with E-state index in [1.54, 1.807) is 0 Å². The number of aryl methyl sites for hydroxylation is 1. The fraction of sp³-hybridized carbons (Fsp3) is 0.0833. The van der Waals surface area contributed by atoms with Crippen LogP contribution in [0.3, 0.4) is 0 Å². The lowest BCUT2D eigenvalue weighted by molar-refractivity contribution is -0.113. The van der Waals surface area contributed by atoms with E-state index in [-0.39, 0.29) is 11.7 Å². The highest BCUT2D eigenvalue weighted by Crippen LogP contribution is 2.31. The Morgan fingerprint density at radius 3 is 2.43 bits per heavy atom. The number of aromatic nitrogens is 2. The van der Waals surface area contributed by atoms with Crippen LogP contribution in [0.25, 0.3) is 16.9 Å². The smallest absolute Gasteiger partial charge is 0.234 e. The molecule has 1 aromatic heterocycles. The third kappa shape index (κ3) is 4.66. The first kappa shape index (κ1) is 20.4. The van der Waals surface area contributed by atoms with Gasteiger partial charge in [-0.3, -0.25) is 9.36 Å². The van der Waals surface area contributed by atoms with Gasteiger partial charge < -0.3 is 5.32 Å². The van der Waals surface area contributed by atoms with Gasteiger partial charge in [0.2, 0.25) is 5.91 Å². The van der Waals surface area contributed by atoms with Gasteiger partial charge >= 0.3 is 0 Å². The van der Waals surface area contributed by atoms with Crippen molar-refractivity contribution in [3.8, 4) is 16.9 Å². The van der Waals surface area contributed by atoms with E-state index in [4.69, 9.17) is 0 Å². The molecule has 0 aliphatic rings. The zero-order chi connectivity index (χ0) is 20.9. The van der Waals surface area contributed by atoms with Crippen LogP contribution in [-0.2, 0) is 4.79 Å². The van der Waals surface area contributed by atoms with E-state index in [1.165, 1.54) is 11.8 Å². The number of hydrogen-bond donors (Lipinski definition) is 1. The first-order valence-corrected chi connectivity index (χ1v) is 11.3. The summed E-state index contributed by atoms with van der Waals surface area (Å²) < 4.78 is 3.15. The summed E-state index contributed by atoms with van der Waals surface area (Å²) in [5.74, 6) is 0.216. The molecule has 30 heavy (non-hydrogen) atoms. The highest BCUT2D eigenvalue weighted by Gasteiger charge is 2.16. The van der Waals surface area contributed by atoms with Crippen LogP contribution >= 0.6 is 27.7 Å². The molecule has 0 saturated carbocycles. The van der Waals surface area contributed by atoms with Crippen molar-refractivity contribution in [2.24, 2.45) is 0 Å². The summed E-state index contributed by atoms with van der Waals surface area (Å²) >= 11 is 4.92. The molecule has 4 aromatic rings. The van der Waals surface area contributed by atoms with Crippen molar-refractivity contribution in [3.63, 3.8) is 0 Å². The minimum absolute atomic E-state index is 0.0595. The van der Waals surface area contributed by atoms with Crippen LogP contribution in [0.1, 0.15) is 5.56 Å². The molecule has 0 aliphatic carbocycles. The third-order valence-electron chi connectivity index (χ3n) is 4.62. The van der Waals surface area contributed by atoms with Gasteiger partial charge in [-0.1, -0.05) is 76.2 Å². The first-order chi connectivity index (χ1) is 14.6. The molecule has 1 heterocycles. The summed E-state index contributed by atoms with van der Waals surface area (Å²) in [5, 5.41) is 3.71. The highest BCUT2D eigenvalue weighted by molar-refractivity contribution is 9.10. The number of nitrogens with one attached hydrogen (secondary N) is 1. The molecule has 6 heteroatoms. The first-order valence-electron chi connectivity index (χ1n) is 9.49. The van der Waals surface area contributed by atoms with Crippen molar-refractivity contribution < 1.29 is 4.79 Å². The van der Waals surface area contributed by atoms with Crippen molar-refractivity contribution in [1.82, 2.24) is 9.55 Å². The summed E-state index contributed by atoms with van der Waals surface area (Å²) in [4.78, 5) is 17.1. The van der Waals surface area contributed by atoms with Crippen LogP contribution in [0.5, 0.6) is 0 Å². The number of hydrogen-bond acceptors (Lipinski definition) is 3. The van der Waals surface area contributed by atoms with E-state index in [9.17, 15) is 4.79 Å². The van der Waals surface area contributed by atoms with Crippen LogP contribution in [0.15, 0.2) is 94.7 Å². The molecule has 4 rings (SSSR count). The molecule has 0 atom stereocenters. The quantitative estimate of drug-likeness (QED) is 0.329. The normalized spacial score (nSPS) is 10.7. The number of anilines is 1. The minimum atomic E-state index is -0.0595. The van der Waals surface area contributed by atoms with E-state index in [0.29, 0.717) is 0 Å². The average Bonchev–Trinajstić information content (AvgIpc) is 3.17. The highest BCUT2D eigenvalue weighted by atomic mass is 79.9. The van der Waals surface area contributed by atoms with Crippen LogP contribution in [-0.4, -0.2) is 21.2 Å². The van der Waals surface area contributed by atoms with Gasteiger partial charge in [0, 0.05) is 15.7 Å². The topological polar surface area (TPSA) is 46.9 Å². The van der Waals surface area contributed by atoms with Crippen molar-refractivity contribution in [3.05, 3.63) is 95.1 Å². The number of para-hydroxylation sites is 2. The zero-order valence-corrected chi connectivity index (χ0v) is 18.8. The molecule has 0 radical (unpaired) electrons. The molecular weight excluding hydrogens is 458 g/mol. The Morgan fingerprint density at radius 2 is 1.70 bits per heavy atom. The van der Waals surface area contributed by atoms with E-state index in [2.05, 4.69) is 62.0 Å². The van der Waals surface area contributed by atoms with Gasteiger partial charge in [-0.15, -0.1) is 0 Å². The van der Waals surface area contributed by atoms with Crippen LogP contribution in [0.2, 0.25) is 0 Å². The SMILES string of the molecule is Cc1ccccc1-n1c(-c2ccc(Br)cc2)cnc1SCC(=O)Nc1ccccc1. The van der Waals surface area contributed by atoms with Gasteiger partial charge in [-0.2, -0.15) is 0 Å². The Labute approximate surface area is 188 Å². The standard InChI is InChI=1S/C24H20BrN3OS/c1-17-7-5-6-10-21(17)28-22(18-11-13-19(25)14-12-18)15-26-24(28)30-16-23(29)27-20-8-3-2-4-9-20/h2-15H,16H2,1H3,(H,27,29). The molecule has 0 fully saturated rings. The molecule has 0 saturated heterocycles. The lowest BCUT2D eigenvalue weighted by Crippen LogP contribution is -2.14. The Bertz CT molecular complexity index is 1160. The van der Waals surface area contributed by atoms with E-state index < -0.39 is 0 Å². The van der Waals surface area contributed by atoms with Gasteiger partial charge in [-0.05, 0) is 42.8 Å². The summed E-state index contributed by atoms with van der Waals surface area (Å²) in [5.41, 5.74) is 5.04. The van der Waals surface area contributed by atoms with Gasteiger partial charge in [0.05, 0.1) is 23.3 Å². The fourth-order valence-electron chi connectivity index (χ4n) is 3.16. The Balaban J connectivity index is 1.64. The van der Waals surface area contributed by atoms with Gasteiger partial charge in [0.1, 0.15) is 0 Å². The predicted octanol–water partition coefficient (Wildman–Crippen LogP) is 6.34. The molecule has 0 aliphatic heterocycles. The maximum absolute atomic E-state index is 12.4. The second-order valence-electron chi connectivity index (χ2n) is 6.76. The number of carbonyl (C=O) groups is 1. The van der Waals surface area contributed by atoms with Crippen LogP contribution in [0, 0.1) is 6.92 Å². The molecule has 0 bridgehead atoms. The molecule has 0 spiro atoms. The zero-order valence-electron chi connectivity index (χ0n) is 16.4. The van der Waals surface area contributed by atoms with Crippen LogP contribution in [0.4, 0.5) is 5.69 Å². The summed E-state index contributed by atoms with van der Waals surface area (Å²) in [7, 11) is 0. The van der Waals surface area contributed by atoms with Gasteiger partial charge in [0.25, 0.3) is 0 Å². The molecule has 1 N–H and O–H groups in total. The van der Waals surface area contributed by atoms with Crippen molar-refractivity contribution >= 4 is 39.3 Å². The van der Waals surface area contributed by atoms with E-state index >= 15 is 0 Å². The molecule has 150 valence electrons. The lowest BCUT2D eigenvalue weighted by Gasteiger charge is -2.14. The molecular formula is C24H20BrN3OS. The number of halogens is 1. The Morgan fingerprint density at radius 1 is 1.00 bits per heavy atom. The van der Waals surface area contributed by atoms with Crippen molar-refractivity contribution in [2.75, 3.05) is 11.1 Å². The van der Waals surface area contributed by atoms with E-state index in [0.717, 1.165) is 37.8 Å². The minimum Gasteiger partial charge on any atom is -0.325 e. The van der Waals surface area contributed by atoms with Crippen molar-refractivity contribution in [2.45, 2.75) is 12.1 Å². The number of imidazole rings is 1. The molecule has 1 amide bonds. The van der Waals surface area contributed by atoms with Crippen molar-refractivity contribution in [1.29, 1.82) is 0 Å². The van der Waals surface area contributed by atoms with Gasteiger partial charge in [0.15, 0.2) is 5.16 Å². The molecule has 0 unspecified atom stereocenters. The maximum Gasteiger partial charge on any atom is 0.234 e. The molecule has 4 nitrogen and oxygen atoms in total. The second kappa shape index (κ2) is 9.32. The number of carbonyl (C=O) groups excluding carboxylic acids is 1. The Hall–Kier alpha value is -2.83. The number of benzene rings is 3. The maximum atomic E-state index is 12.4. The number of nitrogens with zero attached hydrogens (tertiary/aromatic N) is 2. The second-order valence-corrected chi connectivity index (χ2v) is 8.62. The van der Waals surface area contributed by atoms with Crippen LogP contribution < -0.4 is 5.32 Å². The number of thioether (sulfide) groups is 1. The predicted molar refractivity (Wildman–Crippen MR) is 127 cm³/mol. The van der Waals surface area contributed by atoms with E-state index in [1.807, 2.05) is 60.8 Å². The summed E-state index contributed by atoms with van der Waals surface area (Å²) in [6.45, 7) is 2.08. The summed E-state index contributed by atoms with van der Waals surface area (Å²) in [6.07, 6.45) is 1.87. The fourth-order valence-corrected chi connectivity index (χ4v) is 4.21. The molecule has 3 aromatic carbocycles. The number of rotatable bonds is 6. The lowest BCUT2D eigenvalue weighted by atomic mass is 10.1. The van der Waals surface area contributed by atoms with Gasteiger partial charge in [-0.25, -0.2) is 4.98 Å². The summed E-state index contributed by atoms with van der Waals surface area (Å²) in [6, 6.07) is 25.8. The largest absolute Gasteiger partial charge is 0.325 e. The number of amides is 1. The third-order valence-corrected chi connectivity index (χ3v) is 6.10. The Kier molecular flexibility index (Phi) is 6.35.